The van der Waals surface area contributed by atoms with Crippen molar-refractivity contribution in [3.8, 4) is 5.75 Å². The Morgan fingerprint density at radius 1 is 0.792 bits per heavy atom. The predicted molar refractivity (Wildman–Crippen MR) is 103 cm³/mol. The first-order chi connectivity index (χ1) is 11.7. The van der Waals surface area contributed by atoms with E-state index in [2.05, 4.69) is 75.4 Å². The van der Waals surface area contributed by atoms with Crippen LogP contribution in [-0.2, 0) is 19.4 Å². The fourth-order valence-corrected chi connectivity index (χ4v) is 3.17. The number of ether oxygens (including phenoxy) is 1. The van der Waals surface area contributed by atoms with Gasteiger partial charge in [0.2, 0.25) is 0 Å². The summed E-state index contributed by atoms with van der Waals surface area (Å²) in [5.41, 5.74) is 5.20. The smallest absolute Gasteiger partial charge is 0.123 e. The average Bonchev–Trinajstić information content (AvgIpc) is 2.60. The summed E-state index contributed by atoms with van der Waals surface area (Å²) in [5.74, 6) is 1.00. The maximum Gasteiger partial charge on any atom is 0.123 e. The third-order valence-corrected chi connectivity index (χ3v) is 4.50. The number of hydrogen-bond donors (Lipinski definition) is 0. The zero-order chi connectivity index (χ0) is 16.9. The first-order valence-corrected chi connectivity index (χ1v) is 8.93. The van der Waals surface area contributed by atoms with Crippen LogP contribution in [0.5, 0.6) is 5.75 Å². The number of fused-ring (bicyclic) bond motifs is 1. The monoisotopic (exact) mass is 318 g/mol. The molecule has 0 aliphatic rings. The van der Waals surface area contributed by atoms with Gasteiger partial charge in [0.25, 0.3) is 0 Å². The summed E-state index contributed by atoms with van der Waals surface area (Å²) in [7, 11) is 0. The molecule has 124 valence electrons. The number of rotatable bonds is 6. The molecular formula is C23H26O. The lowest BCUT2D eigenvalue weighted by atomic mass is 10.0. The highest BCUT2D eigenvalue weighted by Gasteiger charge is 2.04. The van der Waals surface area contributed by atoms with Crippen molar-refractivity contribution in [2.45, 2.75) is 46.6 Å². The maximum atomic E-state index is 6.08. The fraction of sp³-hybridized carbons (Fsp3) is 0.304. The molecule has 3 aromatic rings. The van der Waals surface area contributed by atoms with Gasteiger partial charge in [-0.25, -0.2) is 0 Å². The highest BCUT2D eigenvalue weighted by Crippen LogP contribution is 2.23. The summed E-state index contributed by atoms with van der Waals surface area (Å²) in [5, 5.41) is 2.60. The van der Waals surface area contributed by atoms with Gasteiger partial charge in [-0.3, -0.25) is 0 Å². The van der Waals surface area contributed by atoms with Gasteiger partial charge in [-0.15, -0.1) is 0 Å². The van der Waals surface area contributed by atoms with E-state index in [9.17, 15) is 0 Å². The molecule has 3 rings (SSSR count). The van der Waals surface area contributed by atoms with Gasteiger partial charge in [0, 0.05) is 0 Å². The molecule has 0 aliphatic carbocycles. The topological polar surface area (TPSA) is 9.23 Å². The predicted octanol–water partition coefficient (Wildman–Crippen LogP) is 6.24. The zero-order valence-electron chi connectivity index (χ0n) is 14.9. The van der Waals surface area contributed by atoms with Crippen molar-refractivity contribution in [2.24, 2.45) is 0 Å². The van der Waals surface area contributed by atoms with Crippen LogP contribution in [0.15, 0.2) is 54.6 Å². The summed E-state index contributed by atoms with van der Waals surface area (Å²) in [4.78, 5) is 0. The zero-order valence-corrected chi connectivity index (χ0v) is 14.9. The first kappa shape index (κ1) is 16.6. The molecule has 0 aliphatic heterocycles. The van der Waals surface area contributed by atoms with Crippen LogP contribution in [0.3, 0.4) is 0 Å². The Balaban J connectivity index is 1.77. The van der Waals surface area contributed by atoms with E-state index in [-0.39, 0.29) is 0 Å². The third-order valence-electron chi connectivity index (χ3n) is 4.50. The Morgan fingerprint density at radius 3 is 2.21 bits per heavy atom. The van der Waals surface area contributed by atoms with E-state index >= 15 is 0 Å². The van der Waals surface area contributed by atoms with Crippen molar-refractivity contribution in [2.75, 3.05) is 0 Å². The molecule has 0 saturated heterocycles. The summed E-state index contributed by atoms with van der Waals surface area (Å²) in [6.45, 7) is 7.13. The Labute approximate surface area is 145 Å². The minimum Gasteiger partial charge on any atom is -0.489 e. The van der Waals surface area contributed by atoms with E-state index in [0.717, 1.165) is 18.6 Å². The van der Waals surface area contributed by atoms with Gasteiger partial charge < -0.3 is 4.74 Å². The van der Waals surface area contributed by atoms with Crippen LogP contribution in [0.1, 0.15) is 42.5 Å². The molecule has 1 nitrogen and oxygen atoms in total. The maximum absolute atomic E-state index is 6.08. The summed E-state index contributed by atoms with van der Waals surface area (Å²) in [6.07, 6.45) is 3.33. The van der Waals surface area contributed by atoms with E-state index in [1.54, 1.807) is 0 Å². The molecular weight excluding hydrogens is 292 g/mol. The number of aryl methyl sites for hydroxylation is 3. The van der Waals surface area contributed by atoms with Gasteiger partial charge in [0.05, 0.1) is 0 Å². The van der Waals surface area contributed by atoms with Crippen LogP contribution >= 0.6 is 0 Å². The minimum atomic E-state index is 0.614. The van der Waals surface area contributed by atoms with Gasteiger partial charge >= 0.3 is 0 Å². The van der Waals surface area contributed by atoms with Crippen molar-refractivity contribution in [1.82, 2.24) is 0 Å². The van der Waals surface area contributed by atoms with E-state index in [1.165, 1.54) is 39.4 Å². The van der Waals surface area contributed by atoms with E-state index < -0.39 is 0 Å². The Bertz CT molecular complexity index is 833. The van der Waals surface area contributed by atoms with Crippen LogP contribution in [-0.4, -0.2) is 0 Å². The van der Waals surface area contributed by atoms with Gasteiger partial charge in [0.1, 0.15) is 12.4 Å². The molecule has 0 heterocycles. The lowest BCUT2D eigenvalue weighted by molar-refractivity contribution is 0.303. The molecule has 0 aromatic heterocycles. The fourth-order valence-electron chi connectivity index (χ4n) is 3.17. The molecule has 0 atom stereocenters. The number of benzene rings is 3. The Morgan fingerprint density at radius 2 is 1.50 bits per heavy atom. The molecule has 1 heteroatoms. The van der Waals surface area contributed by atoms with Crippen molar-refractivity contribution in [3.63, 3.8) is 0 Å². The van der Waals surface area contributed by atoms with Crippen LogP contribution in [0, 0.1) is 6.92 Å². The molecule has 3 aromatic carbocycles. The van der Waals surface area contributed by atoms with Crippen molar-refractivity contribution in [1.29, 1.82) is 0 Å². The molecule has 0 unspecified atom stereocenters. The lowest BCUT2D eigenvalue weighted by Crippen LogP contribution is -1.98. The van der Waals surface area contributed by atoms with Crippen molar-refractivity contribution in [3.05, 3.63) is 76.9 Å². The van der Waals surface area contributed by atoms with Gasteiger partial charge in [-0.2, -0.15) is 0 Å². The largest absolute Gasteiger partial charge is 0.489 e. The SMILES string of the molecule is CCCc1ccc2cc(COc3ccc(C)cc3CC)ccc2c1. The van der Waals surface area contributed by atoms with Crippen LogP contribution < -0.4 is 4.74 Å². The molecule has 0 spiro atoms. The van der Waals surface area contributed by atoms with Crippen LogP contribution in [0.25, 0.3) is 10.8 Å². The van der Waals surface area contributed by atoms with E-state index in [0.29, 0.717) is 6.61 Å². The van der Waals surface area contributed by atoms with Gasteiger partial charge in [-0.1, -0.05) is 68.3 Å². The summed E-state index contributed by atoms with van der Waals surface area (Å²) < 4.78 is 6.08. The molecule has 0 bridgehead atoms. The van der Waals surface area contributed by atoms with E-state index in [4.69, 9.17) is 4.74 Å². The van der Waals surface area contributed by atoms with Crippen LogP contribution in [0.2, 0.25) is 0 Å². The standard InChI is InChI=1S/C23H26O/c1-4-6-18-8-10-22-15-19(9-11-21(22)14-18)16-24-23-12-7-17(3)13-20(23)5-2/h7-15H,4-6,16H2,1-3H3. The molecule has 0 amide bonds. The van der Waals surface area contributed by atoms with Crippen LogP contribution in [0.4, 0.5) is 0 Å². The molecule has 0 radical (unpaired) electrons. The number of hydrogen-bond acceptors (Lipinski definition) is 1. The normalized spacial score (nSPS) is 11.0. The first-order valence-electron chi connectivity index (χ1n) is 8.93. The van der Waals surface area contributed by atoms with Gasteiger partial charge in [0.15, 0.2) is 0 Å². The second-order valence-electron chi connectivity index (χ2n) is 6.52. The average molecular weight is 318 g/mol. The second-order valence-corrected chi connectivity index (χ2v) is 6.52. The molecule has 24 heavy (non-hydrogen) atoms. The molecule has 0 N–H and O–H groups in total. The quantitative estimate of drug-likeness (QED) is 0.522. The minimum absolute atomic E-state index is 0.614. The Kier molecular flexibility index (Phi) is 5.20. The van der Waals surface area contributed by atoms with Crippen molar-refractivity contribution < 1.29 is 4.74 Å². The molecule has 0 saturated carbocycles. The lowest BCUT2D eigenvalue weighted by Gasteiger charge is -2.12. The van der Waals surface area contributed by atoms with Crippen molar-refractivity contribution >= 4 is 10.8 Å². The highest BCUT2D eigenvalue weighted by atomic mass is 16.5. The molecule has 0 fully saturated rings. The van der Waals surface area contributed by atoms with E-state index in [1.807, 2.05) is 0 Å². The summed E-state index contributed by atoms with van der Waals surface area (Å²) in [6, 6.07) is 19.8. The second kappa shape index (κ2) is 7.53. The van der Waals surface area contributed by atoms with Gasteiger partial charge in [-0.05, 0) is 59.4 Å². The summed E-state index contributed by atoms with van der Waals surface area (Å²) >= 11 is 0. The highest BCUT2D eigenvalue weighted by molar-refractivity contribution is 5.83. The third kappa shape index (κ3) is 3.79. The Hall–Kier alpha value is -2.28.